The fourth-order valence-electron chi connectivity index (χ4n) is 2.68. The molecule has 4 heteroatoms. The quantitative estimate of drug-likeness (QED) is 0.919. The minimum atomic E-state index is -0.558. The van der Waals surface area contributed by atoms with Crippen LogP contribution in [0.5, 0.6) is 0 Å². The van der Waals surface area contributed by atoms with Crippen LogP contribution in [0.25, 0.3) is 0 Å². The molecule has 1 amide bonds. The highest BCUT2D eigenvalue weighted by Crippen LogP contribution is 2.23. The number of carbonyl (C=O) groups is 1. The maximum Gasteiger partial charge on any atom is 0.254 e. The first-order chi connectivity index (χ1) is 11.0. The van der Waals surface area contributed by atoms with Crippen LogP contribution in [0.4, 0.5) is 5.69 Å². The van der Waals surface area contributed by atoms with Gasteiger partial charge in [0.2, 0.25) is 5.91 Å². The Labute approximate surface area is 137 Å². The molecule has 0 spiro atoms. The van der Waals surface area contributed by atoms with Gasteiger partial charge in [-0.05, 0) is 43.9 Å². The van der Waals surface area contributed by atoms with E-state index in [4.69, 9.17) is 0 Å². The highest BCUT2D eigenvalue weighted by Gasteiger charge is 2.18. The van der Waals surface area contributed by atoms with Crippen molar-refractivity contribution in [2.45, 2.75) is 46.6 Å². The van der Waals surface area contributed by atoms with E-state index < -0.39 is 6.04 Å². The lowest BCUT2D eigenvalue weighted by Gasteiger charge is -2.19. The van der Waals surface area contributed by atoms with Crippen molar-refractivity contribution in [2.75, 3.05) is 5.32 Å². The van der Waals surface area contributed by atoms with Crippen LogP contribution >= 0.6 is 0 Å². The zero-order valence-corrected chi connectivity index (χ0v) is 14.2. The number of aromatic nitrogens is 1. The molecule has 1 aromatic carbocycles. The summed E-state index contributed by atoms with van der Waals surface area (Å²) in [6.45, 7) is 7.64. The SMILES string of the molecule is CCc1cccc(CC)c1NC(=O)C(C)n1cccc(C)c1=O. The molecule has 0 aliphatic rings. The van der Waals surface area contributed by atoms with Crippen molar-refractivity contribution in [1.82, 2.24) is 4.57 Å². The van der Waals surface area contributed by atoms with Gasteiger partial charge in [-0.15, -0.1) is 0 Å². The van der Waals surface area contributed by atoms with E-state index in [-0.39, 0.29) is 11.5 Å². The first kappa shape index (κ1) is 17.0. The molecule has 4 nitrogen and oxygen atoms in total. The van der Waals surface area contributed by atoms with E-state index in [1.807, 2.05) is 18.2 Å². The summed E-state index contributed by atoms with van der Waals surface area (Å²) in [4.78, 5) is 24.8. The molecule has 1 N–H and O–H groups in total. The smallest absolute Gasteiger partial charge is 0.254 e. The summed E-state index contributed by atoms with van der Waals surface area (Å²) in [5.41, 5.74) is 3.61. The molecule has 0 saturated heterocycles. The maximum absolute atomic E-state index is 12.6. The standard InChI is InChI=1S/C19H24N2O2/c1-5-15-10-7-11-16(6-2)17(15)20-18(22)14(4)21-12-8-9-13(3)19(21)23/h7-12,14H,5-6H2,1-4H3,(H,20,22). The summed E-state index contributed by atoms with van der Waals surface area (Å²) in [6.07, 6.45) is 3.36. The van der Waals surface area contributed by atoms with E-state index in [2.05, 4.69) is 19.2 Å². The van der Waals surface area contributed by atoms with Crippen molar-refractivity contribution in [1.29, 1.82) is 0 Å². The van der Waals surface area contributed by atoms with Crippen LogP contribution < -0.4 is 10.9 Å². The molecule has 1 aromatic heterocycles. The molecular weight excluding hydrogens is 288 g/mol. The number of hydrogen-bond acceptors (Lipinski definition) is 2. The molecule has 1 unspecified atom stereocenters. The molecule has 0 radical (unpaired) electrons. The third kappa shape index (κ3) is 3.52. The lowest BCUT2D eigenvalue weighted by Crippen LogP contribution is -2.32. The lowest BCUT2D eigenvalue weighted by molar-refractivity contribution is -0.118. The molecule has 1 atom stereocenters. The summed E-state index contributed by atoms with van der Waals surface area (Å²) < 4.78 is 1.48. The highest BCUT2D eigenvalue weighted by atomic mass is 16.2. The minimum Gasteiger partial charge on any atom is -0.324 e. The Bertz CT molecular complexity index is 740. The van der Waals surface area contributed by atoms with Gasteiger partial charge in [0.1, 0.15) is 6.04 Å². The van der Waals surface area contributed by atoms with Gasteiger partial charge in [0.15, 0.2) is 0 Å². The first-order valence-electron chi connectivity index (χ1n) is 8.08. The first-order valence-corrected chi connectivity index (χ1v) is 8.08. The second kappa shape index (κ2) is 7.27. The van der Waals surface area contributed by atoms with Crippen molar-refractivity contribution in [3.05, 3.63) is 63.6 Å². The molecule has 2 aromatic rings. The number of amides is 1. The third-order valence-electron chi connectivity index (χ3n) is 4.21. The van der Waals surface area contributed by atoms with Gasteiger partial charge >= 0.3 is 0 Å². The molecular formula is C19H24N2O2. The number of carbonyl (C=O) groups excluding carboxylic acids is 1. The average Bonchev–Trinajstić information content (AvgIpc) is 2.56. The normalized spacial score (nSPS) is 12.0. The molecule has 122 valence electrons. The Balaban J connectivity index is 2.32. The lowest BCUT2D eigenvalue weighted by atomic mass is 10.0. The summed E-state index contributed by atoms with van der Waals surface area (Å²) in [5.74, 6) is -0.173. The van der Waals surface area contributed by atoms with Crippen molar-refractivity contribution in [3.8, 4) is 0 Å². The van der Waals surface area contributed by atoms with Crippen LogP contribution in [0.2, 0.25) is 0 Å². The molecule has 0 aliphatic carbocycles. The predicted octanol–water partition coefficient (Wildman–Crippen LogP) is 3.48. The van der Waals surface area contributed by atoms with Gasteiger partial charge in [-0.25, -0.2) is 0 Å². The van der Waals surface area contributed by atoms with E-state index in [0.717, 1.165) is 29.7 Å². The van der Waals surface area contributed by atoms with E-state index in [1.165, 1.54) is 4.57 Å². The number of hydrogen-bond donors (Lipinski definition) is 1. The third-order valence-corrected chi connectivity index (χ3v) is 4.21. The fourth-order valence-corrected chi connectivity index (χ4v) is 2.68. The molecule has 0 saturated carbocycles. The van der Waals surface area contributed by atoms with Crippen LogP contribution in [0, 0.1) is 6.92 Å². The van der Waals surface area contributed by atoms with E-state index in [9.17, 15) is 9.59 Å². The van der Waals surface area contributed by atoms with Crippen molar-refractivity contribution >= 4 is 11.6 Å². The predicted molar refractivity (Wildman–Crippen MR) is 94.0 cm³/mol. The molecule has 0 aliphatic heterocycles. The Morgan fingerprint density at radius 1 is 1.13 bits per heavy atom. The van der Waals surface area contributed by atoms with E-state index in [0.29, 0.717) is 5.56 Å². The number of anilines is 1. The monoisotopic (exact) mass is 312 g/mol. The van der Waals surface area contributed by atoms with Crippen LogP contribution in [0.15, 0.2) is 41.3 Å². The second-order valence-electron chi connectivity index (χ2n) is 5.73. The number of rotatable bonds is 5. The van der Waals surface area contributed by atoms with Gasteiger partial charge in [0.25, 0.3) is 5.56 Å². The fraction of sp³-hybridized carbons (Fsp3) is 0.368. The van der Waals surface area contributed by atoms with Gasteiger partial charge in [-0.1, -0.05) is 38.1 Å². The van der Waals surface area contributed by atoms with Gasteiger partial charge < -0.3 is 9.88 Å². The van der Waals surface area contributed by atoms with Gasteiger partial charge in [0, 0.05) is 17.4 Å². The number of nitrogens with zero attached hydrogens (tertiary/aromatic N) is 1. The average molecular weight is 312 g/mol. The summed E-state index contributed by atoms with van der Waals surface area (Å²) >= 11 is 0. The Morgan fingerprint density at radius 3 is 2.30 bits per heavy atom. The highest BCUT2D eigenvalue weighted by molar-refractivity contribution is 5.95. The topological polar surface area (TPSA) is 51.1 Å². The Morgan fingerprint density at radius 2 is 1.74 bits per heavy atom. The van der Waals surface area contributed by atoms with Gasteiger partial charge in [-0.3, -0.25) is 9.59 Å². The number of pyridine rings is 1. The van der Waals surface area contributed by atoms with Crippen LogP contribution in [0.1, 0.15) is 43.5 Å². The number of nitrogens with one attached hydrogen (secondary N) is 1. The number of aryl methyl sites for hydroxylation is 3. The number of para-hydroxylation sites is 1. The van der Waals surface area contributed by atoms with Crippen LogP contribution in [0.3, 0.4) is 0 Å². The Kier molecular flexibility index (Phi) is 5.37. The van der Waals surface area contributed by atoms with Crippen LogP contribution in [-0.4, -0.2) is 10.5 Å². The van der Waals surface area contributed by atoms with Crippen molar-refractivity contribution in [3.63, 3.8) is 0 Å². The molecule has 23 heavy (non-hydrogen) atoms. The summed E-state index contributed by atoms with van der Waals surface area (Å²) in [7, 11) is 0. The largest absolute Gasteiger partial charge is 0.324 e. The van der Waals surface area contributed by atoms with E-state index >= 15 is 0 Å². The zero-order chi connectivity index (χ0) is 17.0. The van der Waals surface area contributed by atoms with E-state index in [1.54, 1.807) is 32.2 Å². The molecule has 1 heterocycles. The maximum atomic E-state index is 12.6. The summed E-state index contributed by atoms with van der Waals surface area (Å²) in [5, 5.41) is 3.03. The Hall–Kier alpha value is -2.36. The van der Waals surface area contributed by atoms with Gasteiger partial charge in [0.05, 0.1) is 0 Å². The number of benzene rings is 1. The minimum absolute atomic E-state index is 0.130. The van der Waals surface area contributed by atoms with Crippen LogP contribution in [-0.2, 0) is 17.6 Å². The van der Waals surface area contributed by atoms with Crippen molar-refractivity contribution in [2.24, 2.45) is 0 Å². The second-order valence-corrected chi connectivity index (χ2v) is 5.73. The molecule has 2 rings (SSSR count). The molecule has 0 bridgehead atoms. The van der Waals surface area contributed by atoms with Gasteiger partial charge in [-0.2, -0.15) is 0 Å². The zero-order valence-electron chi connectivity index (χ0n) is 14.2. The summed E-state index contributed by atoms with van der Waals surface area (Å²) in [6, 6.07) is 9.05. The van der Waals surface area contributed by atoms with Crippen molar-refractivity contribution < 1.29 is 4.79 Å². The molecule has 0 fully saturated rings.